The van der Waals surface area contributed by atoms with Crippen molar-refractivity contribution >= 4 is 5.91 Å². The number of hydrogen-bond acceptors (Lipinski definition) is 3. The van der Waals surface area contributed by atoms with Gasteiger partial charge in [-0.2, -0.15) is 0 Å². The molecule has 4 nitrogen and oxygen atoms in total. The van der Waals surface area contributed by atoms with Crippen LogP contribution in [-0.2, 0) is 14.9 Å². The average molecular weight is 342 g/mol. The van der Waals surface area contributed by atoms with Crippen molar-refractivity contribution in [3.63, 3.8) is 0 Å². The van der Waals surface area contributed by atoms with Gasteiger partial charge in [0.2, 0.25) is 5.91 Å². The molecule has 4 rings (SSSR count). The van der Waals surface area contributed by atoms with Crippen LogP contribution in [0.3, 0.4) is 0 Å². The first-order valence-corrected chi connectivity index (χ1v) is 9.87. The number of ether oxygens (including phenoxy) is 1. The summed E-state index contributed by atoms with van der Waals surface area (Å²) in [5.41, 5.74) is 2.67. The lowest BCUT2D eigenvalue weighted by atomic mass is 9.72. The lowest BCUT2D eigenvalue weighted by molar-refractivity contribution is -0.124. The van der Waals surface area contributed by atoms with E-state index < -0.39 is 0 Å². The Kier molecular flexibility index (Phi) is 4.83. The second-order valence-corrected chi connectivity index (χ2v) is 8.05. The lowest BCUT2D eigenvalue weighted by Crippen LogP contribution is -2.49. The number of fused-ring (bicyclic) bond motifs is 2. The molecule has 1 saturated heterocycles. The van der Waals surface area contributed by atoms with Crippen molar-refractivity contribution in [2.75, 3.05) is 20.2 Å². The molecular formula is C21H30N2O2. The van der Waals surface area contributed by atoms with Crippen LogP contribution in [0.4, 0.5) is 0 Å². The maximum atomic E-state index is 12.7. The SMILES string of the molecule is CO[C@H]1[C@H](NC(=O)CC2CCCC2)c2ccccc2C12CCNCC2. The highest BCUT2D eigenvalue weighted by Gasteiger charge is 2.53. The van der Waals surface area contributed by atoms with Gasteiger partial charge >= 0.3 is 0 Å². The van der Waals surface area contributed by atoms with E-state index in [1.165, 1.54) is 36.8 Å². The second kappa shape index (κ2) is 7.08. The molecular weight excluding hydrogens is 312 g/mol. The fraction of sp³-hybridized carbons (Fsp3) is 0.667. The summed E-state index contributed by atoms with van der Waals surface area (Å²) < 4.78 is 6.03. The summed E-state index contributed by atoms with van der Waals surface area (Å²) >= 11 is 0. The molecule has 4 heteroatoms. The number of nitrogens with one attached hydrogen (secondary N) is 2. The predicted molar refractivity (Wildman–Crippen MR) is 98.5 cm³/mol. The van der Waals surface area contributed by atoms with Crippen molar-refractivity contribution in [3.8, 4) is 0 Å². The van der Waals surface area contributed by atoms with Crippen LogP contribution in [0.25, 0.3) is 0 Å². The van der Waals surface area contributed by atoms with E-state index in [4.69, 9.17) is 4.74 Å². The normalized spacial score (nSPS) is 28.2. The standard InChI is InChI=1S/C21H30N2O2/c1-25-20-19(23-18(24)14-15-6-2-3-7-15)16-8-4-5-9-17(16)21(20)10-12-22-13-11-21/h4-5,8-9,15,19-20,22H,2-3,6-7,10-14H2,1H3,(H,23,24)/t19-,20+/m1/s1. The molecule has 1 spiro atoms. The molecule has 1 aromatic rings. The molecule has 0 radical (unpaired) electrons. The second-order valence-electron chi connectivity index (χ2n) is 8.05. The first-order chi connectivity index (χ1) is 12.2. The molecule has 2 fully saturated rings. The topological polar surface area (TPSA) is 50.4 Å². The largest absolute Gasteiger partial charge is 0.378 e. The molecule has 25 heavy (non-hydrogen) atoms. The van der Waals surface area contributed by atoms with Crippen LogP contribution >= 0.6 is 0 Å². The third kappa shape index (κ3) is 3.00. The van der Waals surface area contributed by atoms with Crippen molar-refractivity contribution in [1.29, 1.82) is 0 Å². The van der Waals surface area contributed by atoms with Gasteiger partial charge in [0.25, 0.3) is 0 Å². The van der Waals surface area contributed by atoms with E-state index >= 15 is 0 Å². The van der Waals surface area contributed by atoms with Crippen molar-refractivity contribution in [2.45, 2.75) is 62.5 Å². The molecule has 2 atom stereocenters. The molecule has 1 saturated carbocycles. The molecule has 0 bridgehead atoms. The Bertz CT molecular complexity index is 618. The number of methoxy groups -OCH3 is 1. The number of amides is 1. The lowest BCUT2D eigenvalue weighted by Gasteiger charge is -2.40. The van der Waals surface area contributed by atoms with E-state index in [1.54, 1.807) is 7.11 Å². The zero-order chi connectivity index (χ0) is 17.3. The van der Waals surface area contributed by atoms with E-state index in [1.807, 2.05) is 0 Å². The Morgan fingerprint density at radius 2 is 1.96 bits per heavy atom. The Morgan fingerprint density at radius 1 is 1.24 bits per heavy atom. The molecule has 136 valence electrons. The fourth-order valence-electron chi connectivity index (χ4n) is 5.51. The van der Waals surface area contributed by atoms with Crippen LogP contribution < -0.4 is 10.6 Å². The predicted octanol–water partition coefficient (Wildman–Crippen LogP) is 3.07. The monoisotopic (exact) mass is 342 g/mol. The maximum absolute atomic E-state index is 12.7. The zero-order valence-corrected chi connectivity index (χ0v) is 15.2. The summed E-state index contributed by atoms with van der Waals surface area (Å²) in [5, 5.41) is 6.82. The van der Waals surface area contributed by atoms with E-state index in [9.17, 15) is 4.79 Å². The third-order valence-corrected chi connectivity index (χ3v) is 6.69. The number of carbonyl (C=O) groups is 1. The highest BCUT2D eigenvalue weighted by molar-refractivity contribution is 5.77. The van der Waals surface area contributed by atoms with Crippen LogP contribution in [0.15, 0.2) is 24.3 Å². The van der Waals surface area contributed by atoms with Gasteiger partial charge in [0, 0.05) is 18.9 Å². The van der Waals surface area contributed by atoms with Gasteiger partial charge < -0.3 is 15.4 Å². The molecule has 2 N–H and O–H groups in total. The van der Waals surface area contributed by atoms with E-state index in [-0.39, 0.29) is 23.5 Å². The van der Waals surface area contributed by atoms with Gasteiger partial charge in [-0.05, 0) is 55.8 Å². The summed E-state index contributed by atoms with van der Waals surface area (Å²) in [6.07, 6.45) is 7.80. The molecule has 0 aromatic heterocycles. The minimum absolute atomic E-state index is 0.0202. The first-order valence-electron chi connectivity index (χ1n) is 9.87. The van der Waals surface area contributed by atoms with Gasteiger partial charge in [-0.1, -0.05) is 37.1 Å². The number of rotatable bonds is 4. The van der Waals surface area contributed by atoms with Crippen LogP contribution in [0.1, 0.15) is 62.1 Å². The number of hydrogen-bond donors (Lipinski definition) is 2. The van der Waals surface area contributed by atoms with Crippen molar-refractivity contribution in [2.24, 2.45) is 5.92 Å². The molecule has 0 unspecified atom stereocenters. The smallest absolute Gasteiger partial charge is 0.220 e. The molecule has 1 aromatic carbocycles. The summed E-state index contributed by atoms with van der Waals surface area (Å²) in [7, 11) is 1.80. The van der Waals surface area contributed by atoms with Crippen molar-refractivity contribution < 1.29 is 9.53 Å². The van der Waals surface area contributed by atoms with Crippen molar-refractivity contribution in [1.82, 2.24) is 10.6 Å². The molecule has 1 amide bonds. The zero-order valence-electron chi connectivity index (χ0n) is 15.2. The van der Waals surface area contributed by atoms with E-state index in [0.717, 1.165) is 25.9 Å². The number of carbonyl (C=O) groups excluding carboxylic acids is 1. The molecule has 1 aliphatic heterocycles. The number of piperidine rings is 1. The molecule has 2 aliphatic carbocycles. The van der Waals surface area contributed by atoms with Gasteiger partial charge in [0.1, 0.15) is 0 Å². The van der Waals surface area contributed by atoms with Crippen LogP contribution in [-0.4, -0.2) is 32.2 Å². The Morgan fingerprint density at radius 3 is 2.68 bits per heavy atom. The van der Waals surface area contributed by atoms with Gasteiger partial charge in [-0.25, -0.2) is 0 Å². The van der Waals surface area contributed by atoms with Crippen LogP contribution in [0.2, 0.25) is 0 Å². The molecule has 1 heterocycles. The van der Waals surface area contributed by atoms with Gasteiger partial charge in [-0.3, -0.25) is 4.79 Å². The van der Waals surface area contributed by atoms with E-state index in [0.29, 0.717) is 12.3 Å². The van der Waals surface area contributed by atoms with Crippen LogP contribution in [0.5, 0.6) is 0 Å². The quantitative estimate of drug-likeness (QED) is 0.884. The Labute approximate surface area is 150 Å². The first kappa shape index (κ1) is 17.0. The minimum Gasteiger partial charge on any atom is -0.378 e. The number of benzene rings is 1. The van der Waals surface area contributed by atoms with E-state index in [2.05, 4.69) is 34.9 Å². The van der Waals surface area contributed by atoms with Gasteiger partial charge in [0.05, 0.1) is 12.1 Å². The maximum Gasteiger partial charge on any atom is 0.220 e. The molecule has 3 aliphatic rings. The highest BCUT2D eigenvalue weighted by Crippen LogP contribution is 2.51. The minimum atomic E-state index is -0.0202. The van der Waals surface area contributed by atoms with Gasteiger partial charge in [-0.15, -0.1) is 0 Å². The Balaban J connectivity index is 1.59. The third-order valence-electron chi connectivity index (χ3n) is 6.69. The summed E-state index contributed by atoms with van der Waals surface area (Å²) in [4.78, 5) is 12.7. The van der Waals surface area contributed by atoms with Crippen molar-refractivity contribution in [3.05, 3.63) is 35.4 Å². The average Bonchev–Trinajstić information content (AvgIpc) is 3.22. The Hall–Kier alpha value is -1.39. The summed E-state index contributed by atoms with van der Waals surface area (Å²) in [5.74, 6) is 0.769. The van der Waals surface area contributed by atoms with Crippen LogP contribution in [0, 0.1) is 5.92 Å². The highest BCUT2D eigenvalue weighted by atomic mass is 16.5. The fourth-order valence-corrected chi connectivity index (χ4v) is 5.51. The summed E-state index contributed by atoms with van der Waals surface area (Å²) in [6.45, 7) is 2.02. The van der Waals surface area contributed by atoms with Gasteiger partial charge in [0.15, 0.2) is 0 Å². The summed E-state index contributed by atoms with van der Waals surface area (Å²) in [6, 6.07) is 8.61.